The third kappa shape index (κ3) is 6.95. The molecule has 2 N–H and O–H groups in total. The van der Waals surface area contributed by atoms with Gasteiger partial charge in [-0.1, -0.05) is 11.6 Å². The summed E-state index contributed by atoms with van der Waals surface area (Å²) < 4.78 is 46.1. The molecule has 1 aromatic carbocycles. The fraction of sp³-hybridized carbons (Fsp3) is 0.368. The molecule has 0 unspecified atom stereocenters. The number of nitrogens with zero attached hydrogens (tertiary/aromatic N) is 1. The van der Waals surface area contributed by atoms with Gasteiger partial charge in [0.15, 0.2) is 0 Å². The number of benzene rings is 1. The Kier molecular flexibility index (Phi) is 7.20. The molecule has 0 aliphatic heterocycles. The molecule has 7 nitrogen and oxygen atoms in total. The van der Waals surface area contributed by atoms with Gasteiger partial charge in [-0.3, -0.25) is 4.79 Å². The Hall–Kier alpha value is -2.23. The number of nitrogens with one attached hydrogen (secondary N) is 2. The molecular formula is C19H23ClFN3O4S. The quantitative estimate of drug-likeness (QED) is 0.650. The van der Waals surface area contributed by atoms with Crippen molar-refractivity contribution in [3.8, 4) is 5.88 Å². The molecule has 29 heavy (non-hydrogen) atoms. The van der Waals surface area contributed by atoms with E-state index in [1.54, 1.807) is 12.1 Å². The first-order chi connectivity index (χ1) is 13.4. The summed E-state index contributed by atoms with van der Waals surface area (Å²) in [5.41, 5.74) is -1.00. The summed E-state index contributed by atoms with van der Waals surface area (Å²) in [7, 11) is -3.99. The largest absolute Gasteiger partial charge is 0.475 e. The van der Waals surface area contributed by atoms with E-state index in [1.807, 2.05) is 13.8 Å². The fourth-order valence-electron chi connectivity index (χ4n) is 2.38. The maximum atomic E-state index is 13.4. The van der Waals surface area contributed by atoms with Crippen LogP contribution in [0.1, 0.15) is 33.3 Å². The highest BCUT2D eigenvalue weighted by molar-refractivity contribution is 7.88. The van der Waals surface area contributed by atoms with Crippen molar-refractivity contribution in [3.63, 3.8) is 0 Å². The molecule has 0 spiro atoms. The molecule has 0 atom stereocenters. The number of ether oxygens (including phenoxy) is 1. The molecular weight excluding hydrogens is 421 g/mol. The molecule has 1 heterocycles. The summed E-state index contributed by atoms with van der Waals surface area (Å²) in [6.07, 6.45) is 1.37. The lowest BCUT2D eigenvalue weighted by atomic mass is 10.1. The van der Waals surface area contributed by atoms with Gasteiger partial charge in [0, 0.05) is 11.1 Å². The molecule has 0 aliphatic carbocycles. The summed E-state index contributed by atoms with van der Waals surface area (Å²) in [5, 5.41) is 2.72. The van der Waals surface area contributed by atoms with Crippen molar-refractivity contribution in [2.45, 2.75) is 45.1 Å². The van der Waals surface area contributed by atoms with E-state index in [4.69, 9.17) is 16.3 Å². The van der Waals surface area contributed by atoms with Crippen LogP contribution in [0, 0.1) is 5.82 Å². The number of aromatic nitrogens is 1. The van der Waals surface area contributed by atoms with Crippen LogP contribution in [0.2, 0.25) is 5.02 Å². The van der Waals surface area contributed by atoms with Gasteiger partial charge in [0.1, 0.15) is 11.4 Å². The van der Waals surface area contributed by atoms with Crippen molar-refractivity contribution in [1.29, 1.82) is 0 Å². The predicted molar refractivity (Wildman–Crippen MR) is 110 cm³/mol. The first-order valence-electron chi connectivity index (χ1n) is 8.78. The molecule has 0 fully saturated rings. The first-order valence-corrected chi connectivity index (χ1v) is 10.8. The van der Waals surface area contributed by atoms with Gasteiger partial charge in [-0.15, -0.1) is 0 Å². The average molecular weight is 444 g/mol. The second-order valence-corrected chi connectivity index (χ2v) is 9.36. The number of pyridine rings is 1. The smallest absolute Gasteiger partial charge is 0.245 e. The Balaban J connectivity index is 2.06. The monoisotopic (exact) mass is 443 g/mol. The number of rotatable bonds is 8. The third-order valence-corrected chi connectivity index (χ3v) is 5.56. The van der Waals surface area contributed by atoms with E-state index in [-0.39, 0.29) is 16.7 Å². The number of sulfonamides is 1. The zero-order valence-electron chi connectivity index (χ0n) is 16.5. The number of amides is 1. The molecule has 0 bridgehead atoms. The molecule has 0 saturated carbocycles. The highest BCUT2D eigenvalue weighted by atomic mass is 35.5. The number of halogens is 2. The van der Waals surface area contributed by atoms with E-state index in [0.29, 0.717) is 11.6 Å². The maximum Gasteiger partial charge on any atom is 0.245 e. The Morgan fingerprint density at radius 3 is 2.55 bits per heavy atom. The minimum Gasteiger partial charge on any atom is -0.475 e. The van der Waals surface area contributed by atoms with Crippen LogP contribution in [0.5, 0.6) is 5.88 Å². The second kappa shape index (κ2) is 9.06. The Bertz CT molecular complexity index is 979. The number of carbonyl (C=O) groups excluding carboxylic acids is 1. The van der Waals surface area contributed by atoms with Crippen LogP contribution in [-0.4, -0.2) is 31.0 Å². The average Bonchev–Trinajstić information content (AvgIpc) is 2.58. The molecule has 0 saturated heterocycles. The number of hydrogen-bond acceptors (Lipinski definition) is 5. The number of carbonyl (C=O) groups is 1. The lowest BCUT2D eigenvalue weighted by Crippen LogP contribution is -2.52. The van der Waals surface area contributed by atoms with Crippen LogP contribution in [0.25, 0.3) is 0 Å². The molecule has 2 aromatic rings. The zero-order chi connectivity index (χ0) is 21.8. The molecule has 1 aromatic heterocycles. The first kappa shape index (κ1) is 23.1. The van der Waals surface area contributed by atoms with Gasteiger partial charge < -0.3 is 10.1 Å². The van der Waals surface area contributed by atoms with Crippen molar-refractivity contribution < 1.29 is 22.3 Å². The van der Waals surface area contributed by atoms with Gasteiger partial charge in [0.05, 0.1) is 23.7 Å². The van der Waals surface area contributed by atoms with Gasteiger partial charge in [-0.2, -0.15) is 4.72 Å². The van der Waals surface area contributed by atoms with Gasteiger partial charge >= 0.3 is 0 Å². The second-order valence-electron chi connectivity index (χ2n) is 7.23. The fourth-order valence-corrected chi connectivity index (χ4v) is 4.24. The van der Waals surface area contributed by atoms with E-state index >= 15 is 0 Å². The van der Waals surface area contributed by atoms with Crippen LogP contribution >= 0.6 is 11.6 Å². The van der Waals surface area contributed by atoms with Crippen LogP contribution in [0.4, 0.5) is 10.1 Å². The van der Waals surface area contributed by atoms with E-state index in [1.165, 1.54) is 26.1 Å². The van der Waals surface area contributed by atoms with Crippen molar-refractivity contribution >= 4 is 33.2 Å². The molecule has 1 amide bonds. The standard InChI is InChI=1S/C19H23ClFN3O4S/c1-12(2)28-17-8-6-15(10-22-17)23-18(25)19(3,4)24-29(26,27)11-13-9-14(21)5-7-16(13)20/h5-10,12,24H,11H2,1-4H3,(H,23,25). The lowest BCUT2D eigenvalue weighted by molar-refractivity contribution is -0.120. The van der Waals surface area contributed by atoms with E-state index < -0.39 is 33.0 Å². The molecule has 0 aliphatic rings. The number of anilines is 1. The van der Waals surface area contributed by atoms with E-state index in [0.717, 1.165) is 12.1 Å². The van der Waals surface area contributed by atoms with Gasteiger partial charge in [-0.25, -0.2) is 17.8 Å². The highest BCUT2D eigenvalue weighted by Gasteiger charge is 2.33. The van der Waals surface area contributed by atoms with Crippen molar-refractivity contribution in [3.05, 3.63) is 52.9 Å². The van der Waals surface area contributed by atoms with Crippen LogP contribution in [0.15, 0.2) is 36.5 Å². The molecule has 158 valence electrons. The van der Waals surface area contributed by atoms with Gasteiger partial charge in [0.25, 0.3) is 0 Å². The topological polar surface area (TPSA) is 97.4 Å². The Morgan fingerprint density at radius 2 is 1.97 bits per heavy atom. The van der Waals surface area contributed by atoms with Crippen LogP contribution in [-0.2, 0) is 20.6 Å². The van der Waals surface area contributed by atoms with E-state index in [2.05, 4.69) is 15.0 Å². The minimum absolute atomic E-state index is 0.0390. The third-order valence-electron chi connectivity index (χ3n) is 3.68. The lowest BCUT2D eigenvalue weighted by Gasteiger charge is -2.25. The maximum absolute atomic E-state index is 13.4. The summed E-state index contributed by atoms with van der Waals surface area (Å²) >= 11 is 5.93. The highest BCUT2D eigenvalue weighted by Crippen LogP contribution is 2.21. The zero-order valence-corrected chi connectivity index (χ0v) is 18.1. The Labute approximate surface area is 174 Å². The summed E-state index contributed by atoms with van der Waals surface area (Å²) in [5.74, 6) is -1.35. The predicted octanol–water partition coefficient (Wildman–Crippen LogP) is 3.50. The molecule has 10 heteroatoms. The SMILES string of the molecule is CC(C)Oc1ccc(NC(=O)C(C)(C)NS(=O)(=O)Cc2cc(F)ccc2Cl)cn1. The van der Waals surface area contributed by atoms with Crippen molar-refractivity contribution in [2.24, 2.45) is 0 Å². The minimum atomic E-state index is -3.99. The van der Waals surface area contributed by atoms with Gasteiger partial charge in [-0.05, 0) is 57.5 Å². The number of hydrogen-bond donors (Lipinski definition) is 2. The van der Waals surface area contributed by atoms with Crippen LogP contribution < -0.4 is 14.8 Å². The van der Waals surface area contributed by atoms with Crippen molar-refractivity contribution in [1.82, 2.24) is 9.71 Å². The van der Waals surface area contributed by atoms with Gasteiger partial charge in [0.2, 0.25) is 21.8 Å². The molecule has 0 radical (unpaired) electrons. The van der Waals surface area contributed by atoms with E-state index in [9.17, 15) is 17.6 Å². The Morgan fingerprint density at radius 1 is 1.28 bits per heavy atom. The summed E-state index contributed by atoms with van der Waals surface area (Å²) in [6, 6.07) is 6.65. The summed E-state index contributed by atoms with van der Waals surface area (Å²) in [4.78, 5) is 16.6. The summed E-state index contributed by atoms with van der Waals surface area (Å²) in [6.45, 7) is 6.56. The van der Waals surface area contributed by atoms with Crippen molar-refractivity contribution in [2.75, 3.05) is 5.32 Å². The normalized spacial score (nSPS) is 12.1. The molecule has 2 rings (SSSR count). The van der Waals surface area contributed by atoms with Crippen LogP contribution in [0.3, 0.4) is 0 Å².